The van der Waals surface area contributed by atoms with Gasteiger partial charge >= 0.3 is 0 Å². The number of rotatable bonds is 8. The number of hydrogen-bond donors (Lipinski definition) is 2. The molecular formula is C13H23NOS. The Bertz CT molecular complexity index is 285. The molecule has 0 saturated heterocycles. The molecule has 1 aromatic heterocycles. The first-order valence-electron chi connectivity index (χ1n) is 6.14. The van der Waals surface area contributed by atoms with Crippen LogP contribution in [0.15, 0.2) is 11.4 Å². The van der Waals surface area contributed by atoms with Crippen molar-refractivity contribution in [1.82, 2.24) is 5.32 Å². The van der Waals surface area contributed by atoms with E-state index in [1.165, 1.54) is 23.3 Å². The van der Waals surface area contributed by atoms with Gasteiger partial charge in [0.2, 0.25) is 0 Å². The van der Waals surface area contributed by atoms with Crippen molar-refractivity contribution in [2.75, 3.05) is 13.2 Å². The Morgan fingerprint density at radius 2 is 2.06 bits per heavy atom. The Morgan fingerprint density at radius 3 is 2.69 bits per heavy atom. The molecule has 0 fully saturated rings. The maximum absolute atomic E-state index is 8.65. The number of aryl methyl sites for hydroxylation is 1. The predicted octanol–water partition coefficient (Wildman–Crippen LogP) is 3.26. The van der Waals surface area contributed by atoms with Gasteiger partial charge in [0.1, 0.15) is 0 Å². The number of hydrogen-bond acceptors (Lipinski definition) is 3. The lowest BCUT2D eigenvalue weighted by atomic mass is 10.1. The van der Waals surface area contributed by atoms with E-state index in [2.05, 4.69) is 30.6 Å². The molecule has 0 radical (unpaired) electrons. The number of unbranched alkanes of at least 4 members (excludes halogenated alkanes) is 3. The summed E-state index contributed by atoms with van der Waals surface area (Å²) in [4.78, 5) is 1.45. The zero-order chi connectivity index (χ0) is 11.8. The molecule has 0 spiro atoms. The number of thiophene rings is 1. The quantitative estimate of drug-likeness (QED) is 0.685. The average molecular weight is 241 g/mol. The van der Waals surface area contributed by atoms with Crippen LogP contribution in [0.3, 0.4) is 0 Å². The molecule has 2 N–H and O–H groups in total. The minimum absolute atomic E-state index is 0.332. The second-order valence-electron chi connectivity index (χ2n) is 4.28. The molecule has 1 aromatic rings. The van der Waals surface area contributed by atoms with Crippen LogP contribution >= 0.6 is 11.3 Å². The first kappa shape index (κ1) is 13.7. The Labute approximate surface area is 103 Å². The highest BCUT2D eigenvalue weighted by molar-refractivity contribution is 7.10. The van der Waals surface area contributed by atoms with Gasteiger partial charge in [-0.3, -0.25) is 0 Å². The Morgan fingerprint density at radius 1 is 1.31 bits per heavy atom. The van der Waals surface area contributed by atoms with Gasteiger partial charge in [-0.05, 0) is 50.2 Å². The summed E-state index contributed by atoms with van der Waals surface area (Å²) in [5.41, 5.74) is 1.39. The smallest absolute Gasteiger partial charge is 0.0431 e. The van der Waals surface area contributed by atoms with Gasteiger partial charge < -0.3 is 10.4 Å². The molecule has 92 valence electrons. The van der Waals surface area contributed by atoms with Gasteiger partial charge in [0.15, 0.2) is 0 Å². The van der Waals surface area contributed by atoms with E-state index in [4.69, 9.17) is 5.11 Å². The number of nitrogens with one attached hydrogen (secondary N) is 1. The predicted molar refractivity (Wildman–Crippen MR) is 71.0 cm³/mol. The first-order chi connectivity index (χ1) is 7.75. The summed E-state index contributed by atoms with van der Waals surface area (Å²) in [5, 5.41) is 14.4. The molecule has 0 aliphatic carbocycles. The molecule has 16 heavy (non-hydrogen) atoms. The standard InChI is InChI=1S/C13H23NOS/c1-11-7-10-16-13(11)12(2)14-8-5-3-4-6-9-15/h7,10,12,14-15H,3-6,8-9H2,1-2H3. The van der Waals surface area contributed by atoms with Crippen LogP contribution < -0.4 is 5.32 Å². The molecule has 3 heteroatoms. The normalized spacial score (nSPS) is 12.9. The maximum Gasteiger partial charge on any atom is 0.0431 e. The fourth-order valence-electron chi connectivity index (χ4n) is 1.83. The van der Waals surface area contributed by atoms with Crippen LogP contribution in [0.1, 0.15) is 49.1 Å². The van der Waals surface area contributed by atoms with Gasteiger partial charge in [0, 0.05) is 17.5 Å². The van der Waals surface area contributed by atoms with Gasteiger partial charge in [0.05, 0.1) is 0 Å². The van der Waals surface area contributed by atoms with Gasteiger partial charge in [-0.25, -0.2) is 0 Å². The van der Waals surface area contributed by atoms with E-state index in [-0.39, 0.29) is 0 Å². The fraction of sp³-hybridized carbons (Fsp3) is 0.692. The zero-order valence-corrected chi connectivity index (χ0v) is 11.1. The van der Waals surface area contributed by atoms with Crippen LogP contribution in [0.2, 0.25) is 0 Å². The molecule has 1 unspecified atom stereocenters. The minimum Gasteiger partial charge on any atom is -0.396 e. The second-order valence-corrected chi connectivity index (χ2v) is 5.23. The lowest BCUT2D eigenvalue weighted by Crippen LogP contribution is -2.19. The summed E-state index contributed by atoms with van der Waals surface area (Å²) < 4.78 is 0. The highest BCUT2D eigenvalue weighted by Gasteiger charge is 2.08. The third-order valence-electron chi connectivity index (χ3n) is 2.83. The molecule has 0 amide bonds. The fourth-order valence-corrected chi connectivity index (χ4v) is 2.79. The number of aliphatic hydroxyl groups is 1. The van der Waals surface area contributed by atoms with Crippen molar-refractivity contribution in [3.8, 4) is 0 Å². The second kappa shape index (κ2) is 7.82. The number of aliphatic hydroxyl groups excluding tert-OH is 1. The SMILES string of the molecule is Cc1ccsc1C(C)NCCCCCCO. The molecule has 1 rings (SSSR count). The summed E-state index contributed by atoms with van der Waals surface area (Å²) in [7, 11) is 0. The average Bonchev–Trinajstić information content (AvgIpc) is 2.69. The van der Waals surface area contributed by atoms with Crippen LogP contribution in [0.5, 0.6) is 0 Å². The molecule has 2 nitrogen and oxygen atoms in total. The van der Waals surface area contributed by atoms with E-state index in [0.29, 0.717) is 12.6 Å². The monoisotopic (exact) mass is 241 g/mol. The van der Waals surface area contributed by atoms with Crippen molar-refractivity contribution in [3.63, 3.8) is 0 Å². The lowest BCUT2D eigenvalue weighted by molar-refractivity contribution is 0.282. The third kappa shape index (κ3) is 4.64. The van der Waals surface area contributed by atoms with Crippen molar-refractivity contribution in [2.45, 2.75) is 45.6 Å². The molecule has 1 heterocycles. The van der Waals surface area contributed by atoms with E-state index < -0.39 is 0 Å². The maximum atomic E-state index is 8.65. The van der Waals surface area contributed by atoms with Gasteiger partial charge in [-0.2, -0.15) is 0 Å². The lowest BCUT2D eigenvalue weighted by Gasteiger charge is -2.13. The molecule has 0 saturated carbocycles. The van der Waals surface area contributed by atoms with E-state index in [9.17, 15) is 0 Å². The first-order valence-corrected chi connectivity index (χ1v) is 7.02. The van der Waals surface area contributed by atoms with Crippen molar-refractivity contribution in [2.24, 2.45) is 0 Å². The summed E-state index contributed by atoms with van der Waals surface area (Å²) in [6, 6.07) is 2.65. The molecule has 1 atom stereocenters. The van der Waals surface area contributed by atoms with Crippen molar-refractivity contribution < 1.29 is 5.11 Å². The van der Waals surface area contributed by atoms with Gasteiger partial charge in [-0.1, -0.05) is 12.8 Å². The summed E-state index contributed by atoms with van der Waals surface area (Å²) in [6.45, 7) is 5.81. The van der Waals surface area contributed by atoms with Crippen molar-refractivity contribution in [1.29, 1.82) is 0 Å². The van der Waals surface area contributed by atoms with Gasteiger partial charge in [-0.15, -0.1) is 11.3 Å². The summed E-state index contributed by atoms with van der Waals surface area (Å²) >= 11 is 1.83. The highest BCUT2D eigenvalue weighted by atomic mass is 32.1. The minimum atomic E-state index is 0.332. The Balaban J connectivity index is 2.11. The van der Waals surface area contributed by atoms with Crippen LogP contribution in [-0.4, -0.2) is 18.3 Å². The van der Waals surface area contributed by atoms with E-state index in [1.54, 1.807) is 0 Å². The van der Waals surface area contributed by atoms with Crippen LogP contribution in [0.4, 0.5) is 0 Å². The molecule has 0 aromatic carbocycles. The highest BCUT2D eigenvalue weighted by Crippen LogP contribution is 2.23. The Kier molecular flexibility index (Phi) is 6.69. The Hall–Kier alpha value is -0.380. The third-order valence-corrected chi connectivity index (χ3v) is 4.03. The molecule has 0 bridgehead atoms. The van der Waals surface area contributed by atoms with Crippen LogP contribution in [0, 0.1) is 6.92 Å². The zero-order valence-electron chi connectivity index (χ0n) is 10.3. The summed E-state index contributed by atoms with van der Waals surface area (Å²) in [6.07, 6.45) is 4.50. The van der Waals surface area contributed by atoms with Crippen molar-refractivity contribution in [3.05, 3.63) is 21.9 Å². The molecule has 0 aliphatic heterocycles. The van der Waals surface area contributed by atoms with Crippen LogP contribution in [-0.2, 0) is 0 Å². The van der Waals surface area contributed by atoms with E-state index in [1.807, 2.05) is 11.3 Å². The molecule has 0 aliphatic rings. The van der Waals surface area contributed by atoms with Gasteiger partial charge in [0.25, 0.3) is 0 Å². The summed E-state index contributed by atoms with van der Waals surface area (Å²) in [5.74, 6) is 0. The van der Waals surface area contributed by atoms with Crippen molar-refractivity contribution >= 4 is 11.3 Å². The van der Waals surface area contributed by atoms with Crippen LogP contribution in [0.25, 0.3) is 0 Å². The topological polar surface area (TPSA) is 32.3 Å². The largest absolute Gasteiger partial charge is 0.396 e. The van der Waals surface area contributed by atoms with E-state index in [0.717, 1.165) is 19.4 Å². The molecular weight excluding hydrogens is 218 g/mol. The van der Waals surface area contributed by atoms with E-state index >= 15 is 0 Å².